The molecule has 5 nitrogen and oxygen atoms in total. The Bertz CT molecular complexity index is 113. The van der Waals surface area contributed by atoms with E-state index in [0.717, 1.165) is 0 Å². The van der Waals surface area contributed by atoms with E-state index in [-0.39, 0.29) is 0 Å². The van der Waals surface area contributed by atoms with Crippen molar-refractivity contribution in [2.75, 3.05) is 0 Å². The van der Waals surface area contributed by atoms with Gasteiger partial charge < -0.3 is 10.2 Å². The number of carbonyl (C=O) groups is 1. The molecule has 1 unspecified atom stereocenters. The zero-order chi connectivity index (χ0) is 7.86. The molecule has 0 rings (SSSR count). The predicted molar refractivity (Wildman–Crippen MR) is 20.7 cm³/mol. The molecule has 0 radical (unpaired) electrons. The second-order valence-electron chi connectivity index (χ2n) is 1.10. The topological polar surface area (TPSA) is 91.7 Å². The van der Waals surface area contributed by atoms with Crippen LogP contribution < -0.4 is 0 Å². The van der Waals surface area contributed by atoms with E-state index < -0.39 is 31.2 Å². The van der Waals surface area contributed by atoms with E-state index in [2.05, 4.69) is 0 Å². The van der Waals surface area contributed by atoms with Crippen LogP contribution in [0.3, 0.4) is 0 Å². The number of rotatable bonds is 1. The number of carboxylic acid groups (broad SMARTS) is 1. The predicted octanol–water partition coefficient (Wildman–Crippen LogP) is -0.788. The monoisotopic (exact) mass is 170 g/mol. The van der Waals surface area contributed by atoms with E-state index in [1.807, 2.05) is 0 Å². The molecule has 0 saturated carbocycles. The molecule has 0 aliphatic carbocycles. The van der Waals surface area contributed by atoms with Crippen molar-refractivity contribution in [2.45, 2.75) is 13.0 Å². The Balaban J connectivity index is 0. The van der Waals surface area contributed by atoms with Gasteiger partial charge >= 0.3 is 31.7 Å². The normalized spacial score (nSPS) is 10.0. The van der Waals surface area contributed by atoms with E-state index in [1.54, 1.807) is 0 Å². The van der Waals surface area contributed by atoms with Crippen LogP contribution in [0.4, 0.5) is 0 Å². The van der Waals surface area contributed by atoms with Crippen molar-refractivity contribution in [2.24, 2.45) is 0 Å². The van der Waals surface area contributed by atoms with E-state index in [9.17, 15) is 4.79 Å². The molecule has 0 aliphatic rings. The van der Waals surface area contributed by atoms with Gasteiger partial charge in [0.1, 0.15) is 6.10 Å². The van der Waals surface area contributed by atoms with Crippen molar-refractivity contribution >= 4 is 5.97 Å². The minimum atomic E-state index is -2.00. The van der Waals surface area contributed by atoms with Gasteiger partial charge in [0.25, 0.3) is 0 Å². The number of carboxylic acids is 1. The number of hydrogen-bond acceptors (Lipinski definition) is 4. The van der Waals surface area contributed by atoms with Gasteiger partial charge in [-0.3, -0.25) is 0 Å². The number of aliphatic hydroxyl groups excluding tert-OH is 1. The first-order valence-corrected chi connectivity index (χ1v) is 3.24. The van der Waals surface area contributed by atoms with E-state index >= 15 is 0 Å². The van der Waals surface area contributed by atoms with Crippen LogP contribution in [0.5, 0.6) is 0 Å². The number of aliphatic hydroxyl groups is 1. The molecular formula is C3H6O5Ti. The Morgan fingerprint density at radius 1 is 1.56 bits per heavy atom. The van der Waals surface area contributed by atoms with Crippen molar-refractivity contribution < 1.29 is 40.7 Å². The van der Waals surface area contributed by atoms with Crippen LogP contribution in [-0.2, 0) is 30.5 Å². The van der Waals surface area contributed by atoms with Gasteiger partial charge in [-0.15, -0.1) is 0 Å². The van der Waals surface area contributed by atoms with Gasteiger partial charge in [-0.25, -0.2) is 4.79 Å². The zero-order valence-electron chi connectivity index (χ0n) is 4.70. The third-order valence-corrected chi connectivity index (χ3v) is 0.357. The van der Waals surface area contributed by atoms with Gasteiger partial charge in [0, 0.05) is 0 Å². The van der Waals surface area contributed by atoms with Crippen LogP contribution in [0.15, 0.2) is 0 Å². The molecule has 0 bridgehead atoms. The van der Waals surface area contributed by atoms with E-state index in [0.29, 0.717) is 0 Å². The van der Waals surface area contributed by atoms with Crippen LogP contribution in [-0.4, -0.2) is 22.3 Å². The van der Waals surface area contributed by atoms with Gasteiger partial charge in [0.2, 0.25) is 0 Å². The summed E-state index contributed by atoms with van der Waals surface area (Å²) in [6, 6.07) is 0. The molecule has 0 aliphatic heterocycles. The second kappa shape index (κ2) is 7.74. The van der Waals surface area contributed by atoms with Crippen LogP contribution >= 0.6 is 0 Å². The van der Waals surface area contributed by atoms with E-state index in [1.165, 1.54) is 6.92 Å². The maximum atomic E-state index is 9.45. The first kappa shape index (κ1) is 11.5. The summed E-state index contributed by atoms with van der Waals surface area (Å²) in [7, 11) is 0. The minimum absolute atomic E-state index is 1.19. The van der Waals surface area contributed by atoms with Crippen LogP contribution in [0.2, 0.25) is 0 Å². The van der Waals surface area contributed by atoms with Gasteiger partial charge in [-0.05, 0) is 6.92 Å². The molecule has 0 aromatic carbocycles. The fourth-order valence-electron chi connectivity index (χ4n) is 0. The summed E-state index contributed by atoms with van der Waals surface area (Å²) in [5, 5.41) is 15.8. The number of hydrogen-bond donors (Lipinski definition) is 2. The first-order valence-electron chi connectivity index (χ1n) is 1.96. The first-order chi connectivity index (χ1) is 4.06. The summed E-state index contributed by atoms with van der Waals surface area (Å²) in [5.74, 6) is -1.19. The summed E-state index contributed by atoms with van der Waals surface area (Å²) in [6.45, 7) is 1.20. The van der Waals surface area contributed by atoms with Crippen LogP contribution in [0.1, 0.15) is 6.92 Å². The second-order valence-corrected chi connectivity index (χ2v) is 1.36. The fourth-order valence-corrected chi connectivity index (χ4v) is 0. The van der Waals surface area contributed by atoms with Gasteiger partial charge in [0.15, 0.2) is 0 Å². The van der Waals surface area contributed by atoms with Crippen molar-refractivity contribution in [1.82, 2.24) is 0 Å². The molecule has 0 aromatic heterocycles. The summed E-state index contributed by atoms with van der Waals surface area (Å²) in [6.07, 6.45) is -1.23. The fraction of sp³-hybridized carbons (Fsp3) is 0.667. The molecule has 2 N–H and O–H groups in total. The van der Waals surface area contributed by atoms with Crippen molar-refractivity contribution in [3.63, 3.8) is 0 Å². The quantitative estimate of drug-likeness (QED) is 0.503. The Hall–Kier alpha value is -0.256. The molecular weight excluding hydrogens is 164 g/mol. The van der Waals surface area contributed by atoms with Crippen LogP contribution in [0, 0.1) is 0 Å². The average molecular weight is 170 g/mol. The summed E-state index contributed by atoms with van der Waals surface area (Å²) in [4.78, 5) is 9.45. The SMILES string of the molecule is CC(O)C(=O)O.[O]=[Ti]=[O]. The number of aliphatic carboxylic acids is 1. The molecule has 0 amide bonds. The Morgan fingerprint density at radius 3 is 1.67 bits per heavy atom. The molecule has 9 heavy (non-hydrogen) atoms. The van der Waals surface area contributed by atoms with Gasteiger partial charge in [-0.1, -0.05) is 0 Å². The maximum absolute atomic E-state index is 9.45. The molecule has 0 aromatic rings. The molecule has 0 heterocycles. The van der Waals surface area contributed by atoms with Gasteiger partial charge in [0.05, 0.1) is 0 Å². The molecule has 1 atom stereocenters. The molecule has 52 valence electrons. The van der Waals surface area contributed by atoms with Crippen molar-refractivity contribution in [1.29, 1.82) is 0 Å². The van der Waals surface area contributed by atoms with Crippen molar-refractivity contribution in [3.05, 3.63) is 0 Å². The van der Waals surface area contributed by atoms with E-state index in [4.69, 9.17) is 16.9 Å². The van der Waals surface area contributed by atoms with Crippen LogP contribution in [0.25, 0.3) is 0 Å². The third-order valence-electron chi connectivity index (χ3n) is 0.357. The molecule has 6 heteroatoms. The summed E-state index contributed by atoms with van der Waals surface area (Å²) < 4.78 is 17.0. The Morgan fingerprint density at radius 2 is 1.67 bits per heavy atom. The zero-order valence-corrected chi connectivity index (χ0v) is 6.26. The Kier molecular flexibility index (Phi) is 9.92. The third kappa shape index (κ3) is 18.2. The molecule has 0 spiro atoms. The summed E-state index contributed by atoms with van der Waals surface area (Å²) in [5.41, 5.74) is 0. The average Bonchev–Trinajstić information content (AvgIpc) is 1.68. The summed E-state index contributed by atoms with van der Waals surface area (Å²) >= 11 is -2.00. The molecule has 0 fully saturated rings. The van der Waals surface area contributed by atoms with Crippen molar-refractivity contribution in [3.8, 4) is 0 Å². The van der Waals surface area contributed by atoms with Gasteiger partial charge in [-0.2, -0.15) is 0 Å². The standard InChI is InChI=1S/C3H6O3.2O.Ti/c1-2(4)3(5)6;;;/h2,4H,1H3,(H,5,6);;;. The molecule has 0 saturated heterocycles. The Labute approximate surface area is 60.3 Å².